The molecule has 0 aliphatic rings. The lowest BCUT2D eigenvalue weighted by Crippen LogP contribution is -2.28. The summed E-state index contributed by atoms with van der Waals surface area (Å²) in [6, 6.07) is 0. The predicted octanol–water partition coefficient (Wildman–Crippen LogP) is 0.506. The molecule has 2 aromatic rings. The minimum Gasteiger partial charge on any atom is -0.356 e. The highest BCUT2D eigenvalue weighted by Crippen LogP contribution is 1.98. The number of aromatic nitrogens is 4. The summed E-state index contributed by atoms with van der Waals surface area (Å²) in [5, 5.41) is 7.03. The molecule has 108 valence electrons. The average Bonchev–Trinajstić information content (AvgIpc) is 2.92. The third-order valence-electron chi connectivity index (χ3n) is 3.03. The molecule has 7 heteroatoms. The first kappa shape index (κ1) is 14.2. The van der Waals surface area contributed by atoms with Crippen molar-refractivity contribution in [2.24, 2.45) is 0 Å². The molecular formula is C13H19N5O2. The van der Waals surface area contributed by atoms with Gasteiger partial charge < -0.3 is 5.32 Å². The number of hydrogen-bond acceptors (Lipinski definition) is 4. The van der Waals surface area contributed by atoms with Crippen LogP contribution in [0.4, 0.5) is 0 Å². The molecule has 0 aliphatic heterocycles. The molecule has 1 amide bonds. The minimum atomic E-state index is -0.227. The Morgan fingerprint density at radius 3 is 3.00 bits per heavy atom. The van der Waals surface area contributed by atoms with E-state index in [-0.39, 0.29) is 11.5 Å². The SMILES string of the molecule is CCCNC(=O)CCCn1nc(C)n2ccnc2c1=O. The van der Waals surface area contributed by atoms with Gasteiger partial charge in [0.15, 0.2) is 0 Å². The molecule has 0 spiro atoms. The molecule has 20 heavy (non-hydrogen) atoms. The summed E-state index contributed by atoms with van der Waals surface area (Å²) in [7, 11) is 0. The number of carbonyl (C=O) groups is 1. The van der Waals surface area contributed by atoms with Crippen LogP contribution in [0.2, 0.25) is 0 Å². The van der Waals surface area contributed by atoms with E-state index in [4.69, 9.17) is 0 Å². The monoisotopic (exact) mass is 277 g/mol. The Balaban J connectivity index is 2.02. The molecule has 0 unspecified atom stereocenters. The number of imidazole rings is 1. The van der Waals surface area contributed by atoms with Gasteiger partial charge in [-0.3, -0.25) is 14.0 Å². The molecule has 0 radical (unpaired) electrons. The number of rotatable bonds is 6. The van der Waals surface area contributed by atoms with Gasteiger partial charge in [-0.2, -0.15) is 5.10 Å². The molecule has 0 bridgehead atoms. The van der Waals surface area contributed by atoms with Crippen molar-refractivity contribution in [1.29, 1.82) is 0 Å². The zero-order valence-corrected chi connectivity index (χ0v) is 11.8. The van der Waals surface area contributed by atoms with Crippen molar-refractivity contribution in [3.63, 3.8) is 0 Å². The Morgan fingerprint density at radius 2 is 2.25 bits per heavy atom. The Bertz CT molecular complexity index is 658. The molecule has 2 aromatic heterocycles. The molecule has 0 aromatic carbocycles. The van der Waals surface area contributed by atoms with Crippen LogP contribution in [0.5, 0.6) is 0 Å². The van der Waals surface area contributed by atoms with Crippen LogP contribution in [0.15, 0.2) is 17.2 Å². The lowest BCUT2D eigenvalue weighted by molar-refractivity contribution is -0.121. The van der Waals surface area contributed by atoms with Crippen molar-refractivity contribution < 1.29 is 4.79 Å². The summed E-state index contributed by atoms with van der Waals surface area (Å²) in [5.74, 6) is 0.714. The van der Waals surface area contributed by atoms with E-state index in [1.54, 1.807) is 16.8 Å². The van der Waals surface area contributed by atoms with E-state index in [1.807, 2.05) is 13.8 Å². The highest BCUT2D eigenvalue weighted by molar-refractivity contribution is 5.75. The maximum Gasteiger partial charge on any atom is 0.310 e. The first-order valence-electron chi connectivity index (χ1n) is 6.81. The summed E-state index contributed by atoms with van der Waals surface area (Å²) in [4.78, 5) is 27.6. The van der Waals surface area contributed by atoms with E-state index in [9.17, 15) is 9.59 Å². The van der Waals surface area contributed by atoms with Crippen LogP contribution in [-0.2, 0) is 11.3 Å². The Hall–Kier alpha value is -2.18. The maximum absolute atomic E-state index is 12.1. The number of nitrogens with one attached hydrogen (secondary N) is 1. The van der Waals surface area contributed by atoms with Gasteiger partial charge in [-0.1, -0.05) is 6.92 Å². The third-order valence-corrected chi connectivity index (χ3v) is 3.03. The lowest BCUT2D eigenvalue weighted by atomic mass is 10.3. The Kier molecular flexibility index (Phi) is 4.49. The van der Waals surface area contributed by atoms with E-state index in [2.05, 4.69) is 15.4 Å². The molecule has 2 rings (SSSR count). The molecule has 1 N–H and O–H groups in total. The minimum absolute atomic E-state index is 0.0125. The molecule has 0 aliphatic carbocycles. The standard InChI is InChI=1S/C13H19N5O2/c1-3-6-14-11(19)5-4-8-18-13(20)12-15-7-9-17(12)10(2)16-18/h7,9H,3-6,8H2,1-2H3,(H,14,19). The van der Waals surface area contributed by atoms with Crippen LogP contribution >= 0.6 is 0 Å². The van der Waals surface area contributed by atoms with Gasteiger partial charge >= 0.3 is 5.56 Å². The maximum atomic E-state index is 12.1. The fourth-order valence-electron chi connectivity index (χ4n) is 2.00. The first-order chi connectivity index (χ1) is 9.63. The number of hydrogen-bond donors (Lipinski definition) is 1. The van der Waals surface area contributed by atoms with Crippen LogP contribution in [0, 0.1) is 6.92 Å². The van der Waals surface area contributed by atoms with Crippen LogP contribution in [0.3, 0.4) is 0 Å². The van der Waals surface area contributed by atoms with Crippen LogP contribution < -0.4 is 10.9 Å². The van der Waals surface area contributed by atoms with Crippen LogP contribution in [-0.4, -0.2) is 31.6 Å². The molecule has 0 fully saturated rings. The van der Waals surface area contributed by atoms with E-state index in [0.717, 1.165) is 6.42 Å². The average molecular weight is 277 g/mol. The fourth-order valence-corrected chi connectivity index (χ4v) is 2.00. The highest BCUT2D eigenvalue weighted by atomic mass is 16.1. The normalized spacial score (nSPS) is 10.9. The predicted molar refractivity (Wildman–Crippen MR) is 74.5 cm³/mol. The molecule has 0 saturated carbocycles. The van der Waals surface area contributed by atoms with Gasteiger partial charge in [0, 0.05) is 31.9 Å². The molecular weight excluding hydrogens is 258 g/mol. The second kappa shape index (κ2) is 6.31. The summed E-state index contributed by atoms with van der Waals surface area (Å²) < 4.78 is 3.04. The first-order valence-corrected chi connectivity index (χ1v) is 6.81. The van der Waals surface area contributed by atoms with Gasteiger partial charge in [0.1, 0.15) is 5.82 Å². The van der Waals surface area contributed by atoms with Gasteiger partial charge in [-0.25, -0.2) is 9.67 Å². The molecule has 7 nitrogen and oxygen atoms in total. The van der Waals surface area contributed by atoms with Crippen molar-refractivity contribution in [2.75, 3.05) is 6.54 Å². The Morgan fingerprint density at radius 1 is 1.45 bits per heavy atom. The topological polar surface area (TPSA) is 81.3 Å². The van der Waals surface area contributed by atoms with Crippen molar-refractivity contribution in [2.45, 2.75) is 39.7 Å². The van der Waals surface area contributed by atoms with E-state index >= 15 is 0 Å². The van der Waals surface area contributed by atoms with Crippen molar-refractivity contribution in [3.8, 4) is 0 Å². The van der Waals surface area contributed by atoms with Gasteiger partial charge in [0.25, 0.3) is 0 Å². The molecule has 0 saturated heterocycles. The second-order valence-corrected chi connectivity index (χ2v) is 4.65. The highest BCUT2D eigenvalue weighted by Gasteiger charge is 2.08. The quantitative estimate of drug-likeness (QED) is 0.834. The summed E-state index contributed by atoms with van der Waals surface area (Å²) in [5.41, 5.74) is 0.141. The number of carbonyl (C=O) groups excluding carboxylic acids is 1. The third kappa shape index (κ3) is 3.04. The zero-order valence-electron chi connectivity index (χ0n) is 11.8. The molecule has 2 heterocycles. The number of fused-ring (bicyclic) bond motifs is 1. The number of aryl methyl sites for hydroxylation is 2. The van der Waals surface area contributed by atoms with E-state index < -0.39 is 0 Å². The number of nitrogens with zero attached hydrogens (tertiary/aromatic N) is 4. The lowest BCUT2D eigenvalue weighted by Gasteiger charge is -2.07. The summed E-state index contributed by atoms with van der Waals surface area (Å²) >= 11 is 0. The fraction of sp³-hybridized carbons (Fsp3) is 0.538. The van der Waals surface area contributed by atoms with Crippen molar-refractivity contribution in [1.82, 2.24) is 24.5 Å². The van der Waals surface area contributed by atoms with Crippen molar-refractivity contribution in [3.05, 3.63) is 28.6 Å². The van der Waals surface area contributed by atoms with Crippen LogP contribution in [0.25, 0.3) is 5.65 Å². The zero-order chi connectivity index (χ0) is 14.5. The number of amides is 1. The Labute approximate surface area is 116 Å². The van der Waals surface area contributed by atoms with Gasteiger partial charge in [0.05, 0.1) is 0 Å². The van der Waals surface area contributed by atoms with Gasteiger partial charge in [-0.05, 0) is 19.8 Å². The van der Waals surface area contributed by atoms with E-state index in [0.29, 0.717) is 37.4 Å². The van der Waals surface area contributed by atoms with Gasteiger partial charge in [-0.15, -0.1) is 0 Å². The van der Waals surface area contributed by atoms with Crippen molar-refractivity contribution >= 4 is 11.6 Å². The van der Waals surface area contributed by atoms with Gasteiger partial charge in [0.2, 0.25) is 11.6 Å². The molecule has 0 atom stereocenters. The second-order valence-electron chi connectivity index (χ2n) is 4.65. The van der Waals surface area contributed by atoms with Crippen LogP contribution in [0.1, 0.15) is 32.0 Å². The van der Waals surface area contributed by atoms with E-state index in [1.165, 1.54) is 4.68 Å². The smallest absolute Gasteiger partial charge is 0.310 e. The largest absolute Gasteiger partial charge is 0.356 e. The summed E-state index contributed by atoms with van der Waals surface area (Å²) in [6.45, 7) is 4.93. The summed E-state index contributed by atoms with van der Waals surface area (Å²) in [6.07, 6.45) is 5.18.